The summed E-state index contributed by atoms with van der Waals surface area (Å²) in [6.07, 6.45) is -2.20. The highest BCUT2D eigenvalue weighted by Crippen LogP contribution is 2.33. The number of aliphatic carboxylic acids is 1. The largest absolute Gasteiger partial charge is 0.490 e. The van der Waals surface area contributed by atoms with Gasteiger partial charge < -0.3 is 10.8 Å². The number of alkyl halides is 3. The number of anilines is 1. The van der Waals surface area contributed by atoms with Gasteiger partial charge in [-0.1, -0.05) is 30.3 Å². The first-order valence-corrected chi connectivity index (χ1v) is 11.7. The standard InChI is InChI=1S/C21H23FN4O2S.C2HF3O2/c1-13-6-5-7-17(19(13)29(27,28)26-21(2,3)4)14-8-9-16(18(22)10-14)15-11-24-20(23)25-12-15;3-2(4,5)1(6)7/h5-12,26H,1-4H3,(H2,23,24,25);(H,6,7). The molecule has 3 aromatic rings. The summed E-state index contributed by atoms with van der Waals surface area (Å²) < 4.78 is 75.3. The van der Waals surface area contributed by atoms with Crippen molar-refractivity contribution in [3.05, 3.63) is 60.2 Å². The molecule has 13 heteroatoms. The van der Waals surface area contributed by atoms with Crippen LogP contribution in [-0.2, 0) is 14.8 Å². The van der Waals surface area contributed by atoms with E-state index in [9.17, 15) is 26.0 Å². The average Bonchev–Trinajstić information content (AvgIpc) is 2.72. The van der Waals surface area contributed by atoms with E-state index in [0.717, 1.165) is 0 Å². The second-order valence-electron chi connectivity index (χ2n) is 8.63. The summed E-state index contributed by atoms with van der Waals surface area (Å²) in [6, 6.07) is 9.72. The molecule has 1 heterocycles. The van der Waals surface area contributed by atoms with Gasteiger partial charge in [-0.15, -0.1) is 0 Å². The van der Waals surface area contributed by atoms with Crippen LogP contribution in [0.1, 0.15) is 26.3 Å². The Balaban J connectivity index is 0.000000572. The smallest absolute Gasteiger partial charge is 0.475 e. The normalized spacial score (nSPS) is 12.0. The molecule has 0 amide bonds. The van der Waals surface area contributed by atoms with Gasteiger partial charge in [0.2, 0.25) is 16.0 Å². The molecule has 3 rings (SSSR count). The van der Waals surface area contributed by atoms with E-state index in [-0.39, 0.29) is 10.8 Å². The minimum Gasteiger partial charge on any atom is -0.475 e. The zero-order valence-electron chi connectivity index (χ0n) is 19.7. The number of halogens is 4. The molecule has 2 aromatic carbocycles. The highest BCUT2D eigenvalue weighted by Gasteiger charge is 2.38. The Hall–Kier alpha value is -3.58. The minimum atomic E-state index is -5.08. The Morgan fingerprint density at radius 1 is 1.00 bits per heavy atom. The van der Waals surface area contributed by atoms with Crippen molar-refractivity contribution >= 4 is 21.9 Å². The van der Waals surface area contributed by atoms with E-state index in [0.29, 0.717) is 27.8 Å². The van der Waals surface area contributed by atoms with Gasteiger partial charge in [0, 0.05) is 34.6 Å². The summed E-state index contributed by atoms with van der Waals surface area (Å²) in [4.78, 5) is 16.8. The maximum Gasteiger partial charge on any atom is 0.490 e. The van der Waals surface area contributed by atoms with Crippen LogP contribution in [0.25, 0.3) is 22.3 Å². The highest BCUT2D eigenvalue weighted by molar-refractivity contribution is 7.89. The number of nitrogen functional groups attached to an aromatic ring is 1. The first-order valence-electron chi connectivity index (χ1n) is 10.2. The maximum absolute atomic E-state index is 14.9. The average molecular weight is 529 g/mol. The summed E-state index contributed by atoms with van der Waals surface area (Å²) in [5.41, 5.74) is 7.08. The number of nitrogens with two attached hydrogens (primary N) is 1. The summed E-state index contributed by atoms with van der Waals surface area (Å²) in [5.74, 6) is -3.16. The number of rotatable bonds is 4. The quantitative estimate of drug-likeness (QED) is 0.423. The predicted octanol–water partition coefficient (Wildman–Crippen LogP) is 4.55. The molecule has 0 atom stereocenters. The summed E-state index contributed by atoms with van der Waals surface area (Å²) >= 11 is 0. The van der Waals surface area contributed by atoms with Crippen LogP contribution in [0, 0.1) is 12.7 Å². The molecular formula is C23H24F4N4O4S. The van der Waals surface area contributed by atoms with Gasteiger partial charge in [0.15, 0.2) is 0 Å². The fourth-order valence-electron chi connectivity index (χ4n) is 3.08. The van der Waals surface area contributed by atoms with Crippen LogP contribution in [0.15, 0.2) is 53.7 Å². The summed E-state index contributed by atoms with van der Waals surface area (Å²) in [7, 11) is -3.81. The molecule has 0 saturated heterocycles. The first kappa shape index (κ1) is 28.7. The van der Waals surface area contributed by atoms with Gasteiger partial charge in [-0.2, -0.15) is 13.2 Å². The number of benzene rings is 2. The van der Waals surface area contributed by atoms with Gasteiger partial charge >= 0.3 is 12.1 Å². The van der Waals surface area contributed by atoms with Gasteiger partial charge in [-0.25, -0.2) is 32.3 Å². The van der Waals surface area contributed by atoms with E-state index < -0.39 is 33.5 Å². The molecule has 0 aliphatic heterocycles. The number of nitrogens with one attached hydrogen (secondary N) is 1. The van der Waals surface area contributed by atoms with E-state index in [1.54, 1.807) is 58.0 Å². The highest BCUT2D eigenvalue weighted by atomic mass is 32.2. The third kappa shape index (κ3) is 7.46. The lowest BCUT2D eigenvalue weighted by atomic mass is 10.00. The number of hydrogen-bond acceptors (Lipinski definition) is 6. The SMILES string of the molecule is Cc1cccc(-c2ccc(-c3cnc(N)nc3)c(F)c2)c1S(=O)(=O)NC(C)(C)C.O=C(O)C(F)(F)F. The van der Waals surface area contributed by atoms with Crippen molar-refractivity contribution in [2.45, 2.75) is 44.3 Å². The van der Waals surface area contributed by atoms with Crippen molar-refractivity contribution in [2.24, 2.45) is 0 Å². The number of nitrogens with zero attached hydrogens (tertiary/aromatic N) is 2. The number of sulfonamides is 1. The fraction of sp³-hybridized carbons (Fsp3) is 0.261. The van der Waals surface area contributed by atoms with Crippen LogP contribution in [0.5, 0.6) is 0 Å². The molecule has 0 radical (unpaired) electrons. The first-order chi connectivity index (χ1) is 16.4. The Bertz CT molecular complexity index is 1350. The van der Waals surface area contributed by atoms with Gasteiger partial charge in [-0.3, -0.25) is 0 Å². The molecule has 0 bridgehead atoms. The van der Waals surface area contributed by atoms with Crippen LogP contribution >= 0.6 is 0 Å². The summed E-state index contributed by atoms with van der Waals surface area (Å²) in [5, 5.41) is 7.12. The minimum absolute atomic E-state index is 0.103. The molecule has 0 spiro atoms. The molecule has 4 N–H and O–H groups in total. The van der Waals surface area contributed by atoms with Crippen LogP contribution < -0.4 is 10.5 Å². The molecule has 194 valence electrons. The van der Waals surface area contributed by atoms with Crippen molar-refractivity contribution in [1.82, 2.24) is 14.7 Å². The third-order valence-electron chi connectivity index (χ3n) is 4.43. The van der Waals surface area contributed by atoms with Crippen molar-refractivity contribution in [3.63, 3.8) is 0 Å². The van der Waals surface area contributed by atoms with Gasteiger partial charge in [0.05, 0.1) is 4.90 Å². The molecule has 8 nitrogen and oxygen atoms in total. The lowest BCUT2D eigenvalue weighted by Crippen LogP contribution is -2.40. The maximum atomic E-state index is 14.9. The fourth-order valence-corrected chi connectivity index (χ4v) is 4.96. The molecule has 0 saturated carbocycles. The van der Waals surface area contributed by atoms with Crippen molar-refractivity contribution in [3.8, 4) is 22.3 Å². The van der Waals surface area contributed by atoms with E-state index in [1.165, 1.54) is 18.5 Å². The topological polar surface area (TPSA) is 135 Å². The Morgan fingerprint density at radius 3 is 2.03 bits per heavy atom. The second-order valence-corrected chi connectivity index (χ2v) is 10.3. The van der Waals surface area contributed by atoms with Crippen LogP contribution in [0.2, 0.25) is 0 Å². The van der Waals surface area contributed by atoms with E-state index in [4.69, 9.17) is 15.6 Å². The van der Waals surface area contributed by atoms with E-state index in [1.807, 2.05) is 0 Å². The predicted molar refractivity (Wildman–Crippen MR) is 126 cm³/mol. The Morgan fingerprint density at radius 2 is 1.56 bits per heavy atom. The molecule has 36 heavy (non-hydrogen) atoms. The molecule has 0 unspecified atom stereocenters. The number of hydrogen-bond donors (Lipinski definition) is 3. The van der Waals surface area contributed by atoms with Gasteiger partial charge in [0.25, 0.3) is 0 Å². The van der Waals surface area contributed by atoms with E-state index >= 15 is 0 Å². The monoisotopic (exact) mass is 528 g/mol. The van der Waals surface area contributed by atoms with Crippen LogP contribution in [-0.4, -0.2) is 41.2 Å². The second kappa shape index (κ2) is 10.6. The van der Waals surface area contributed by atoms with Crippen LogP contribution in [0.4, 0.5) is 23.5 Å². The number of aryl methyl sites for hydroxylation is 1. The lowest BCUT2D eigenvalue weighted by molar-refractivity contribution is -0.192. The molecular weight excluding hydrogens is 504 g/mol. The third-order valence-corrected chi connectivity index (χ3v) is 6.39. The zero-order valence-corrected chi connectivity index (χ0v) is 20.5. The van der Waals surface area contributed by atoms with Crippen LogP contribution in [0.3, 0.4) is 0 Å². The molecule has 1 aromatic heterocycles. The van der Waals surface area contributed by atoms with E-state index in [2.05, 4.69) is 14.7 Å². The number of aromatic nitrogens is 2. The van der Waals surface area contributed by atoms with Crippen molar-refractivity contribution in [2.75, 3.05) is 5.73 Å². The van der Waals surface area contributed by atoms with Crippen molar-refractivity contribution in [1.29, 1.82) is 0 Å². The molecule has 0 aliphatic carbocycles. The van der Waals surface area contributed by atoms with Gasteiger partial charge in [0.1, 0.15) is 5.82 Å². The summed E-state index contributed by atoms with van der Waals surface area (Å²) in [6.45, 7) is 7.03. The number of carboxylic acid groups (broad SMARTS) is 1. The van der Waals surface area contributed by atoms with Gasteiger partial charge in [-0.05, 0) is 44.9 Å². The molecule has 0 aliphatic rings. The van der Waals surface area contributed by atoms with Crippen molar-refractivity contribution < 1.29 is 35.9 Å². The molecule has 0 fully saturated rings. The Kier molecular flexibility index (Phi) is 8.42. The Labute approximate surface area is 205 Å². The zero-order chi connectivity index (χ0) is 27.5. The number of carboxylic acids is 1. The number of carbonyl (C=O) groups is 1. The lowest BCUT2D eigenvalue weighted by Gasteiger charge is -2.23.